The summed E-state index contributed by atoms with van der Waals surface area (Å²) in [7, 11) is 1.53. The minimum absolute atomic E-state index is 0.0623. The van der Waals surface area contributed by atoms with Crippen LogP contribution in [0.5, 0.6) is 5.75 Å². The Hall–Kier alpha value is -2.53. The molecule has 0 spiro atoms. The van der Waals surface area contributed by atoms with Gasteiger partial charge in [0.1, 0.15) is 16.8 Å². The van der Waals surface area contributed by atoms with Crippen LogP contribution in [-0.2, 0) is 0 Å². The van der Waals surface area contributed by atoms with Crippen LogP contribution in [0, 0.1) is 0 Å². The molecule has 0 aliphatic carbocycles. The van der Waals surface area contributed by atoms with E-state index in [1.807, 2.05) is 0 Å². The van der Waals surface area contributed by atoms with E-state index in [2.05, 4.69) is 4.98 Å². The number of halogens is 1. The molecule has 0 atom stereocenters. The first kappa shape index (κ1) is 13.5. The molecular weight excluding hydrogens is 294 g/mol. The van der Waals surface area contributed by atoms with Gasteiger partial charge >= 0.3 is 5.97 Å². The standard InChI is InChI=1S/C15H10ClNO4/c1-20-12-6-5-8(16)7-10(12)14-17-11-4-2-3-9(15(18)19)13(11)21-14/h2-7H,1H3,(H,18,19). The molecule has 5 nitrogen and oxygen atoms in total. The fourth-order valence-electron chi connectivity index (χ4n) is 2.08. The number of rotatable bonds is 3. The Balaban J connectivity index is 2.25. The number of hydrogen-bond donors (Lipinski definition) is 1. The zero-order valence-corrected chi connectivity index (χ0v) is 11.7. The number of carboxylic acids is 1. The summed E-state index contributed by atoms with van der Waals surface area (Å²) in [5.41, 5.74) is 1.32. The third-order valence-corrected chi connectivity index (χ3v) is 3.27. The van der Waals surface area contributed by atoms with Crippen molar-refractivity contribution in [2.75, 3.05) is 7.11 Å². The Morgan fingerprint density at radius 3 is 2.86 bits per heavy atom. The van der Waals surface area contributed by atoms with Crippen molar-refractivity contribution in [2.45, 2.75) is 0 Å². The van der Waals surface area contributed by atoms with Crippen LogP contribution in [-0.4, -0.2) is 23.2 Å². The van der Waals surface area contributed by atoms with Crippen molar-refractivity contribution in [1.82, 2.24) is 4.98 Å². The highest BCUT2D eigenvalue weighted by Gasteiger charge is 2.18. The third-order valence-electron chi connectivity index (χ3n) is 3.04. The average Bonchev–Trinajstić information content (AvgIpc) is 2.90. The maximum atomic E-state index is 11.2. The number of carboxylic acid groups (broad SMARTS) is 1. The van der Waals surface area contributed by atoms with E-state index in [0.29, 0.717) is 21.9 Å². The summed E-state index contributed by atoms with van der Waals surface area (Å²) in [5, 5.41) is 9.68. The van der Waals surface area contributed by atoms with Crippen LogP contribution in [0.15, 0.2) is 40.8 Å². The van der Waals surface area contributed by atoms with Crippen molar-refractivity contribution in [1.29, 1.82) is 0 Å². The van der Waals surface area contributed by atoms with Gasteiger partial charge in [-0.15, -0.1) is 0 Å². The number of nitrogens with zero attached hydrogens (tertiary/aromatic N) is 1. The Morgan fingerprint density at radius 1 is 1.33 bits per heavy atom. The van der Waals surface area contributed by atoms with Crippen LogP contribution in [0.1, 0.15) is 10.4 Å². The van der Waals surface area contributed by atoms with Crippen molar-refractivity contribution in [3.05, 3.63) is 47.0 Å². The molecule has 0 saturated heterocycles. The first-order valence-electron chi connectivity index (χ1n) is 6.07. The van der Waals surface area contributed by atoms with Gasteiger partial charge in [0.25, 0.3) is 0 Å². The third kappa shape index (κ3) is 2.32. The topological polar surface area (TPSA) is 72.6 Å². The minimum atomic E-state index is -1.07. The lowest BCUT2D eigenvalue weighted by molar-refractivity contribution is 0.0698. The molecule has 6 heteroatoms. The molecule has 0 amide bonds. The summed E-state index contributed by atoms with van der Waals surface area (Å²) >= 11 is 5.99. The van der Waals surface area contributed by atoms with Gasteiger partial charge in [0.2, 0.25) is 5.89 Å². The van der Waals surface area contributed by atoms with Crippen LogP contribution in [0.4, 0.5) is 0 Å². The number of hydrogen-bond acceptors (Lipinski definition) is 4. The predicted octanol–water partition coefficient (Wildman–Crippen LogP) is 3.86. The molecule has 2 aromatic carbocycles. The van der Waals surface area contributed by atoms with Crippen LogP contribution < -0.4 is 4.74 Å². The van der Waals surface area contributed by atoms with E-state index in [-0.39, 0.29) is 17.0 Å². The molecule has 106 valence electrons. The number of carbonyl (C=O) groups is 1. The number of aromatic nitrogens is 1. The number of para-hydroxylation sites is 1. The molecule has 0 aliphatic heterocycles. The smallest absolute Gasteiger partial charge is 0.339 e. The molecule has 0 unspecified atom stereocenters. The second kappa shape index (κ2) is 5.10. The number of oxazole rings is 1. The predicted molar refractivity (Wildman–Crippen MR) is 78.0 cm³/mol. The lowest BCUT2D eigenvalue weighted by Crippen LogP contribution is -1.95. The van der Waals surface area contributed by atoms with E-state index in [4.69, 9.17) is 20.8 Å². The molecule has 3 rings (SSSR count). The van der Waals surface area contributed by atoms with Crippen molar-refractivity contribution < 1.29 is 19.1 Å². The largest absolute Gasteiger partial charge is 0.496 e. The maximum Gasteiger partial charge on any atom is 0.339 e. The Bertz CT molecular complexity index is 841. The normalized spacial score (nSPS) is 10.8. The van der Waals surface area contributed by atoms with Gasteiger partial charge in [-0.2, -0.15) is 0 Å². The van der Waals surface area contributed by atoms with Gasteiger partial charge in [0.05, 0.1) is 12.7 Å². The zero-order valence-electron chi connectivity index (χ0n) is 11.0. The summed E-state index contributed by atoms with van der Waals surface area (Å²) < 4.78 is 10.9. The molecule has 1 aromatic heterocycles. The average molecular weight is 304 g/mol. The monoisotopic (exact) mass is 303 g/mol. The molecule has 0 fully saturated rings. The number of methoxy groups -OCH3 is 1. The molecule has 0 bridgehead atoms. The minimum Gasteiger partial charge on any atom is -0.496 e. The number of fused-ring (bicyclic) bond motifs is 1. The van der Waals surface area contributed by atoms with E-state index in [1.54, 1.807) is 30.3 Å². The highest BCUT2D eigenvalue weighted by Crippen LogP contribution is 2.34. The van der Waals surface area contributed by atoms with E-state index in [0.717, 1.165) is 0 Å². The van der Waals surface area contributed by atoms with Crippen molar-refractivity contribution >= 4 is 28.7 Å². The number of aromatic carboxylic acids is 1. The van der Waals surface area contributed by atoms with Gasteiger partial charge in [0, 0.05) is 5.02 Å². The molecular formula is C15H10ClNO4. The fraction of sp³-hybridized carbons (Fsp3) is 0.0667. The summed E-state index contributed by atoms with van der Waals surface area (Å²) in [4.78, 5) is 15.5. The maximum absolute atomic E-state index is 11.2. The molecule has 1 heterocycles. The first-order chi connectivity index (χ1) is 10.1. The Morgan fingerprint density at radius 2 is 2.14 bits per heavy atom. The van der Waals surface area contributed by atoms with Crippen LogP contribution in [0.3, 0.4) is 0 Å². The van der Waals surface area contributed by atoms with Crippen molar-refractivity contribution in [3.8, 4) is 17.2 Å². The van der Waals surface area contributed by atoms with Gasteiger partial charge in [0.15, 0.2) is 5.58 Å². The van der Waals surface area contributed by atoms with Gasteiger partial charge < -0.3 is 14.3 Å². The molecule has 0 saturated carbocycles. The van der Waals surface area contributed by atoms with Crippen LogP contribution in [0.2, 0.25) is 5.02 Å². The van der Waals surface area contributed by atoms with E-state index in [1.165, 1.54) is 13.2 Å². The molecule has 0 aliphatic rings. The van der Waals surface area contributed by atoms with Gasteiger partial charge in [-0.3, -0.25) is 0 Å². The molecule has 1 N–H and O–H groups in total. The summed E-state index contributed by atoms with van der Waals surface area (Å²) in [5.74, 6) is -0.262. The Kier molecular flexibility index (Phi) is 3.27. The summed E-state index contributed by atoms with van der Waals surface area (Å²) in [6, 6.07) is 9.82. The summed E-state index contributed by atoms with van der Waals surface area (Å²) in [6.45, 7) is 0. The number of ether oxygens (including phenoxy) is 1. The quantitative estimate of drug-likeness (QED) is 0.795. The molecule has 21 heavy (non-hydrogen) atoms. The van der Waals surface area contributed by atoms with Gasteiger partial charge in [-0.25, -0.2) is 9.78 Å². The lowest BCUT2D eigenvalue weighted by Gasteiger charge is -2.05. The van der Waals surface area contributed by atoms with Gasteiger partial charge in [-0.1, -0.05) is 17.7 Å². The van der Waals surface area contributed by atoms with E-state index >= 15 is 0 Å². The second-order valence-electron chi connectivity index (χ2n) is 4.32. The fourth-order valence-corrected chi connectivity index (χ4v) is 2.25. The zero-order chi connectivity index (χ0) is 15.0. The SMILES string of the molecule is COc1ccc(Cl)cc1-c1nc2cccc(C(=O)O)c2o1. The molecule has 0 radical (unpaired) electrons. The first-order valence-corrected chi connectivity index (χ1v) is 6.44. The molecule has 3 aromatic rings. The number of benzene rings is 2. The van der Waals surface area contributed by atoms with Crippen molar-refractivity contribution in [2.24, 2.45) is 0 Å². The lowest BCUT2D eigenvalue weighted by atomic mass is 10.2. The highest BCUT2D eigenvalue weighted by atomic mass is 35.5. The second-order valence-corrected chi connectivity index (χ2v) is 4.76. The summed E-state index contributed by atoms with van der Waals surface area (Å²) in [6.07, 6.45) is 0. The van der Waals surface area contributed by atoms with Crippen molar-refractivity contribution in [3.63, 3.8) is 0 Å². The van der Waals surface area contributed by atoms with Crippen LogP contribution >= 0.6 is 11.6 Å². The van der Waals surface area contributed by atoms with Crippen LogP contribution in [0.25, 0.3) is 22.6 Å². The van der Waals surface area contributed by atoms with E-state index < -0.39 is 5.97 Å². The highest BCUT2D eigenvalue weighted by molar-refractivity contribution is 6.30. The van der Waals surface area contributed by atoms with Gasteiger partial charge in [-0.05, 0) is 30.3 Å². The van der Waals surface area contributed by atoms with E-state index in [9.17, 15) is 9.90 Å². The Labute approximate surface area is 124 Å².